The summed E-state index contributed by atoms with van der Waals surface area (Å²) < 4.78 is 2.40. The van der Waals surface area contributed by atoms with Gasteiger partial charge in [-0.15, -0.1) is 16.4 Å². The average Bonchev–Trinajstić information content (AvgIpc) is 2.55. The van der Waals surface area contributed by atoms with Crippen molar-refractivity contribution in [1.29, 1.82) is 0 Å². The second-order valence-corrected chi connectivity index (χ2v) is 3.50. The molecule has 0 fully saturated rings. The molecule has 0 N–H and O–H groups in total. The van der Waals surface area contributed by atoms with Gasteiger partial charge in [0, 0.05) is 0 Å². The first-order valence-corrected chi connectivity index (χ1v) is 4.50. The van der Waals surface area contributed by atoms with E-state index in [4.69, 9.17) is 0 Å². The largest absolute Gasteiger partial charge is 0.251 e. The summed E-state index contributed by atoms with van der Waals surface area (Å²) in [5, 5.41) is 8.59. The second-order valence-electron chi connectivity index (χ2n) is 1.83. The molecule has 0 aliphatic carbocycles. The lowest BCUT2D eigenvalue weighted by Gasteiger charge is -1.88. The lowest BCUT2D eigenvalue weighted by Crippen LogP contribution is -1.90. The molecule has 0 atom stereocenters. The number of aromatic nitrogens is 4. The first-order chi connectivity index (χ1) is 5.36. The highest BCUT2D eigenvalue weighted by Crippen LogP contribution is 2.12. The van der Waals surface area contributed by atoms with Crippen LogP contribution in [-0.2, 0) is 0 Å². The van der Waals surface area contributed by atoms with Gasteiger partial charge in [-0.2, -0.15) is 0 Å². The van der Waals surface area contributed by atoms with Gasteiger partial charge in [-0.1, -0.05) is 5.21 Å². The van der Waals surface area contributed by atoms with Gasteiger partial charge in [0.05, 0.1) is 17.9 Å². The summed E-state index contributed by atoms with van der Waals surface area (Å²) in [4.78, 5) is 3.92. The average molecular weight is 231 g/mol. The van der Waals surface area contributed by atoms with E-state index in [-0.39, 0.29) is 0 Å². The van der Waals surface area contributed by atoms with E-state index in [1.165, 1.54) is 11.3 Å². The molecule has 0 amide bonds. The predicted molar refractivity (Wildman–Crippen MR) is 44.7 cm³/mol. The Kier molecular flexibility index (Phi) is 1.71. The molecular formula is C5H3BrN4S. The van der Waals surface area contributed by atoms with E-state index in [9.17, 15) is 0 Å². The normalized spacial score (nSPS) is 10.3. The van der Waals surface area contributed by atoms with Gasteiger partial charge in [-0.3, -0.25) is 4.98 Å². The van der Waals surface area contributed by atoms with Crippen LogP contribution in [0.1, 0.15) is 0 Å². The highest BCUT2D eigenvalue weighted by Gasteiger charge is 1.99. The van der Waals surface area contributed by atoms with E-state index in [2.05, 4.69) is 31.2 Å². The summed E-state index contributed by atoms with van der Waals surface area (Å²) in [6, 6.07) is 0. The van der Waals surface area contributed by atoms with E-state index in [0.717, 1.165) is 9.60 Å². The van der Waals surface area contributed by atoms with Gasteiger partial charge in [-0.05, 0) is 15.9 Å². The summed E-state index contributed by atoms with van der Waals surface area (Å²) in [5.41, 5.74) is 1.75. The summed E-state index contributed by atoms with van der Waals surface area (Å²) in [5.74, 6) is 0. The van der Waals surface area contributed by atoms with E-state index >= 15 is 0 Å². The number of hydrogen-bond acceptors (Lipinski definition) is 4. The maximum Gasteiger partial charge on any atom is 0.148 e. The fourth-order valence-corrected chi connectivity index (χ4v) is 1.49. The molecule has 0 unspecified atom stereocenters. The van der Waals surface area contributed by atoms with Crippen LogP contribution in [0.3, 0.4) is 0 Å². The lowest BCUT2D eigenvalue weighted by atomic mass is 10.8. The van der Waals surface area contributed by atoms with Crippen molar-refractivity contribution in [2.75, 3.05) is 0 Å². The topological polar surface area (TPSA) is 43.6 Å². The van der Waals surface area contributed by atoms with Crippen LogP contribution in [0.25, 0.3) is 5.00 Å². The minimum atomic E-state index is 0.728. The molecule has 2 aromatic heterocycles. The number of thiazole rings is 1. The van der Waals surface area contributed by atoms with Crippen molar-refractivity contribution in [3.8, 4) is 5.00 Å². The molecule has 11 heavy (non-hydrogen) atoms. The SMILES string of the molecule is Brc1cn(-c2cncs2)nn1. The minimum Gasteiger partial charge on any atom is -0.251 e. The molecule has 0 aliphatic rings. The molecule has 0 saturated heterocycles. The third-order valence-corrected chi connectivity index (χ3v) is 2.23. The Morgan fingerprint density at radius 2 is 2.45 bits per heavy atom. The van der Waals surface area contributed by atoms with Crippen molar-refractivity contribution in [2.45, 2.75) is 0 Å². The molecule has 0 radical (unpaired) electrons. The molecule has 2 rings (SSSR count). The van der Waals surface area contributed by atoms with Gasteiger partial charge >= 0.3 is 0 Å². The van der Waals surface area contributed by atoms with E-state index < -0.39 is 0 Å². The third kappa shape index (κ3) is 1.31. The van der Waals surface area contributed by atoms with Crippen LogP contribution in [0.15, 0.2) is 22.5 Å². The van der Waals surface area contributed by atoms with Gasteiger partial charge in [0.25, 0.3) is 0 Å². The van der Waals surface area contributed by atoms with Crippen LogP contribution < -0.4 is 0 Å². The molecule has 4 nitrogen and oxygen atoms in total. The van der Waals surface area contributed by atoms with Crippen LogP contribution >= 0.6 is 27.3 Å². The molecule has 0 spiro atoms. The smallest absolute Gasteiger partial charge is 0.148 e. The van der Waals surface area contributed by atoms with Crippen molar-refractivity contribution < 1.29 is 0 Å². The van der Waals surface area contributed by atoms with Crippen LogP contribution in [0.5, 0.6) is 0 Å². The van der Waals surface area contributed by atoms with E-state index in [1.54, 1.807) is 22.6 Å². The van der Waals surface area contributed by atoms with Crippen LogP contribution in [-0.4, -0.2) is 20.0 Å². The Morgan fingerprint density at radius 1 is 1.55 bits per heavy atom. The van der Waals surface area contributed by atoms with Crippen LogP contribution in [0.2, 0.25) is 0 Å². The van der Waals surface area contributed by atoms with Crippen molar-refractivity contribution >= 4 is 27.3 Å². The number of halogens is 1. The fourth-order valence-electron chi connectivity index (χ4n) is 0.673. The van der Waals surface area contributed by atoms with E-state index in [1.807, 2.05) is 0 Å². The molecular weight excluding hydrogens is 228 g/mol. The number of nitrogens with zero attached hydrogens (tertiary/aromatic N) is 4. The zero-order valence-corrected chi connectivity index (χ0v) is 7.71. The second kappa shape index (κ2) is 2.71. The Hall–Kier alpha value is -0.750. The van der Waals surface area contributed by atoms with Crippen LogP contribution in [0, 0.1) is 0 Å². The molecule has 2 aromatic rings. The maximum atomic E-state index is 3.92. The third-order valence-electron chi connectivity index (χ3n) is 1.11. The van der Waals surface area contributed by atoms with Gasteiger partial charge in [0.15, 0.2) is 0 Å². The molecule has 0 saturated carbocycles. The standard InChI is InChI=1S/C5H3BrN4S/c6-4-2-10(9-8-4)5-1-7-3-11-5/h1-3H. The minimum absolute atomic E-state index is 0.728. The quantitative estimate of drug-likeness (QED) is 0.746. The summed E-state index contributed by atoms with van der Waals surface area (Å²) >= 11 is 4.73. The van der Waals surface area contributed by atoms with Gasteiger partial charge in [0.2, 0.25) is 0 Å². The zero-order valence-electron chi connectivity index (χ0n) is 5.31. The van der Waals surface area contributed by atoms with Gasteiger partial charge < -0.3 is 0 Å². The van der Waals surface area contributed by atoms with Crippen LogP contribution in [0.4, 0.5) is 0 Å². The lowest BCUT2D eigenvalue weighted by molar-refractivity contribution is 0.811. The Bertz CT molecular complexity index is 341. The van der Waals surface area contributed by atoms with Crippen molar-refractivity contribution in [3.63, 3.8) is 0 Å². The Morgan fingerprint density at radius 3 is 3.00 bits per heavy atom. The molecule has 2 heterocycles. The van der Waals surface area contributed by atoms with E-state index in [0.29, 0.717) is 0 Å². The highest BCUT2D eigenvalue weighted by atomic mass is 79.9. The summed E-state index contributed by atoms with van der Waals surface area (Å²) in [6.07, 6.45) is 3.53. The molecule has 56 valence electrons. The highest BCUT2D eigenvalue weighted by molar-refractivity contribution is 9.10. The maximum absolute atomic E-state index is 3.92. The predicted octanol–water partition coefficient (Wildman–Crippen LogP) is 1.49. The molecule has 0 aromatic carbocycles. The number of rotatable bonds is 1. The van der Waals surface area contributed by atoms with Crippen molar-refractivity contribution in [3.05, 3.63) is 22.5 Å². The van der Waals surface area contributed by atoms with Crippen molar-refractivity contribution in [1.82, 2.24) is 20.0 Å². The fraction of sp³-hybridized carbons (Fsp3) is 0. The van der Waals surface area contributed by atoms with Gasteiger partial charge in [-0.25, -0.2) is 4.68 Å². The van der Waals surface area contributed by atoms with Gasteiger partial charge in [0.1, 0.15) is 9.60 Å². The molecule has 0 bridgehead atoms. The Balaban J connectivity index is 2.45. The molecule has 6 heteroatoms. The molecule has 0 aliphatic heterocycles. The number of hydrogen-bond donors (Lipinski definition) is 0. The Labute approximate surface area is 75.0 Å². The van der Waals surface area contributed by atoms with Crippen molar-refractivity contribution in [2.24, 2.45) is 0 Å². The zero-order chi connectivity index (χ0) is 7.68. The monoisotopic (exact) mass is 230 g/mol. The summed E-state index contributed by atoms with van der Waals surface area (Å²) in [7, 11) is 0. The first-order valence-electron chi connectivity index (χ1n) is 2.83. The summed E-state index contributed by atoms with van der Waals surface area (Å²) in [6.45, 7) is 0. The first kappa shape index (κ1) is 6.93.